The fraction of sp³-hybridized carbons (Fsp3) is 0.333. The quantitative estimate of drug-likeness (QED) is 0.580. The third-order valence-corrected chi connectivity index (χ3v) is 6.76. The first-order chi connectivity index (χ1) is 16.8. The van der Waals surface area contributed by atoms with E-state index in [9.17, 15) is 4.79 Å². The van der Waals surface area contributed by atoms with Crippen LogP contribution in [0.4, 0.5) is 20.3 Å². The highest BCUT2D eigenvalue weighted by atomic mass is 19.1. The van der Waals surface area contributed by atoms with Crippen molar-refractivity contribution in [2.24, 2.45) is 5.92 Å². The van der Waals surface area contributed by atoms with Gasteiger partial charge in [-0.1, -0.05) is 26.0 Å². The van der Waals surface area contributed by atoms with Crippen LogP contribution in [0.1, 0.15) is 29.8 Å². The van der Waals surface area contributed by atoms with E-state index in [2.05, 4.69) is 10.3 Å². The van der Waals surface area contributed by atoms with Crippen molar-refractivity contribution in [3.63, 3.8) is 0 Å². The lowest BCUT2D eigenvalue weighted by Gasteiger charge is -2.36. The summed E-state index contributed by atoms with van der Waals surface area (Å²) in [5, 5.41) is 2.83. The van der Waals surface area contributed by atoms with Crippen molar-refractivity contribution in [1.82, 2.24) is 10.3 Å². The van der Waals surface area contributed by atoms with E-state index in [1.807, 2.05) is 26.0 Å². The lowest BCUT2D eigenvalue weighted by molar-refractivity contribution is 0.0110. The molecule has 0 radical (unpaired) electrons. The Balaban J connectivity index is 1.49. The molecule has 3 aromatic rings. The maximum atomic E-state index is 15.2. The Morgan fingerprint density at radius 1 is 1.09 bits per heavy atom. The molecule has 1 saturated heterocycles. The number of anilines is 2. The average Bonchev–Trinajstić information content (AvgIpc) is 2.84. The molecule has 35 heavy (non-hydrogen) atoms. The average molecular weight is 479 g/mol. The van der Waals surface area contributed by atoms with Gasteiger partial charge in [-0.25, -0.2) is 13.8 Å². The van der Waals surface area contributed by atoms with Crippen LogP contribution in [0.25, 0.3) is 22.3 Å². The van der Waals surface area contributed by atoms with Crippen molar-refractivity contribution in [3.8, 4) is 22.3 Å². The van der Waals surface area contributed by atoms with E-state index in [-0.39, 0.29) is 23.6 Å². The summed E-state index contributed by atoms with van der Waals surface area (Å²) in [5.74, 6) is -0.783. The van der Waals surface area contributed by atoms with Crippen LogP contribution in [0.5, 0.6) is 0 Å². The molecule has 0 saturated carbocycles. The van der Waals surface area contributed by atoms with E-state index < -0.39 is 11.6 Å². The van der Waals surface area contributed by atoms with Crippen LogP contribution in [-0.2, 0) is 11.2 Å². The number of nitrogen functional groups attached to an aromatic ring is 1. The van der Waals surface area contributed by atoms with Crippen LogP contribution in [-0.4, -0.2) is 43.2 Å². The SMILES string of the molecule is CC(C)[C@@H]1CN(c2c(F)cc(-c3cnc(N)c(-c4ccc5c(c4)CCNC5=O)c3)cc2F)CCO1. The van der Waals surface area contributed by atoms with Gasteiger partial charge in [0.05, 0.1) is 12.7 Å². The van der Waals surface area contributed by atoms with E-state index in [0.717, 1.165) is 17.5 Å². The number of rotatable bonds is 4. The molecule has 3 heterocycles. The molecule has 0 bridgehead atoms. The minimum atomic E-state index is -0.623. The molecule has 0 unspecified atom stereocenters. The number of morpholine rings is 1. The summed E-state index contributed by atoms with van der Waals surface area (Å²) in [4.78, 5) is 18.1. The summed E-state index contributed by atoms with van der Waals surface area (Å²) >= 11 is 0. The Labute approximate surface area is 203 Å². The van der Waals surface area contributed by atoms with E-state index >= 15 is 8.78 Å². The zero-order chi connectivity index (χ0) is 24.7. The fourth-order valence-electron chi connectivity index (χ4n) is 4.78. The summed E-state index contributed by atoms with van der Waals surface area (Å²) in [5.41, 5.74) is 10.1. The number of hydrogen-bond donors (Lipinski definition) is 2. The summed E-state index contributed by atoms with van der Waals surface area (Å²) in [6.45, 7) is 5.95. The molecular weight excluding hydrogens is 450 g/mol. The molecular formula is C27H28F2N4O2. The first-order valence-electron chi connectivity index (χ1n) is 11.8. The van der Waals surface area contributed by atoms with Gasteiger partial charge in [-0.3, -0.25) is 4.79 Å². The molecule has 182 valence electrons. The Hall–Kier alpha value is -3.52. The predicted molar refractivity (Wildman–Crippen MR) is 132 cm³/mol. The van der Waals surface area contributed by atoms with Gasteiger partial charge >= 0.3 is 0 Å². The number of nitrogens with two attached hydrogens (primary N) is 1. The van der Waals surface area contributed by atoms with Gasteiger partial charge in [0.15, 0.2) is 0 Å². The second-order valence-corrected chi connectivity index (χ2v) is 9.42. The third kappa shape index (κ3) is 4.46. The molecule has 1 aromatic heterocycles. The Kier molecular flexibility index (Phi) is 6.15. The first-order valence-corrected chi connectivity index (χ1v) is 11.8. The maximum absolute atomic E-state index is 15.2. The van der Waals surface area contributed by atoms with Crippen molar-refractivity contribution in [3.05, 3.63) is 65.4 Å². The number of nitrogens with one attached hydrogen (secondary N) is 1. The van der Waals surface area contributed by atoms with Gasteiger partial charge in [0.2, 0.25) is 0 Å². The highest BCUT2D eigenvalue weighted by molar-refractivity contribution is 5.97. The van der Waals surface area contributed by atoms with Gasteiger partial charge in [-0.15, -0.1) is 0 Å². The van der Waals surface area contributed by atoms with Crippen LogP contribution >= 0.6 is 0 Å². The number of hydrogen-bond acceptors (Lipinski definition) is 5. The van der Waals surface area contributed by atoms with Gasteiger partial charge in [-0.05, 0) is 53.3 Å². The van der Waals surface area contributed by atoms with Crippen molar-refractivity contribution < 1.29 is 18.3 Å². The smallest absolute Gasteiger partial charge is 0.251 e. The van der Waals surface area contributed by atoms with Crippen molar-refractivity contribution >= 4 is 17.4 Å². The topological polar surface area (TPSA) is 80.5 Å². The van der Waals surface area contributed by atoms with Crippen LogP contribution in [0.3, 0.4) is 0 Å². The molecule has 8 heteroatoms. The molecule has 6 nitrogen and oxygen atoms in total. The Morgan fingerprint density at radius 2 is 1.86 bits per heavy atom. The van der Waals surface area contributed by atoms with Crippen LogP contribution in [0.15, 0.2) is 42.6 Å². The van der Waals surface area contributed by atoms with Gasteiger partial charge in [0.25, 0.3) is 5.91 Å². The summed E-state index contributed by atoms with van der Waals surface area (Å²) < 4.78 is 36.2. The second-order valence-electron chi connectivity index (χ2n) is 9.42. The molecule has 2 aliphatic heterocycles. The lowest BCUT2D eigenvalue weighted by atomic mass is 9.94. The number of carbonyl (C=O) groups is 1. The van der Waals surface area contributed by atoms with Gasteiger partial charge < -0.3 is 20.7 Å². The largest absolute Gasteiger partial charge is 0.383 e. The lowest BCUT2D eigenvalue weighted by Crippen LogP contribution is -2.45. The van der Waals surface area contributed by atoms with E-state index in [4.69, 9.17) is 10.5 Å². The highest BCUT2D eigenvalue weighted by Gasteiger charge is 2.27. The Morgan fingerprint density at radius 3 is 2.60 bits per heavy atom. The minimum absolute atomic E-state index is 0.0284. The second kappa shape index (κ2) is 9.26. The summed E-state index contributed by atoms with van der Waals surface area (Å²) in [7, 11) is 0. The summed E-state index contributed by atoms with van der Waals surface area (Å²) in [6.07, 6.45) is 2.16. The van der Waals surface area contributed by atoms with Crippen LogP contribution in [0, 0.1) is 17.6 Å². The first kappa shape index (κ1) is 23.2. The van der Waals surface area contributed by atoms with E-state index in [0.29, 0.717) is 54.3 Å². The van der Waals surface area contributed by atoms with Crippen molar-refractivity contribution in [2.75, 3.05) is 36.9 Å². The monoisotopic (exact) mass is 478 g/mol. The number of nitrogens with zero attached hydrogens (tertiary/aromatic N) is 2. The highest BCUT2D eigenvalue weighted by Crippen LogP contribution is 2.35. The number of halogens is 2. The zero-order valence-electron chi connectivity index (χ0n) is 19.8. The van der Waals surface area contributed by atoms with Crippen molar-refractivity contribution in [1.29, 1.82) is 0 Å². The molecule has 1 amide bonds. The van der Waals surface area contributed by atoms with E-state index in [1.54, 1.807) is 17.0 Å². The third-order valence-electron chi connectivity index (χ3n) is 6.76. The number of carbonyl (C=O) groups excluding carboxylic acids is 1. The molecule has 1 fully saturated rings. The number of benzene rings is 2. The summed E-state index contributed by atoms with van der Waals surface area (Å²) in [6, 6.07) is 9.98. The molecule has 5 rings (SSSR count). The van der Waals surface area contributed by atoms with Gasteiger partial charge in [0, 0.05) is 42.5 Å². The standard InChI is InChI=1S/C27H28F2N4O2/c1-15(2)24-14-33(7-8-35-24)25-22(28)11-18(12-23(25)29)19-10-21(26(30)32-13-19)16-3-4-20-17(9-16)5-6-31-27(20)34/h3-4,9-13,15,24H,5-8,14H2,1-2H3,(H2,30,32)(H,31,34)/t24-/m0/s1. The molecule has 0 spiro atoms. The van der Waals surface area contributed by atoms with E-state index in [1.165, 1.54) is 18.3 Å². The zero-order valence-corrected chi connectivity index (χ0v) is 19.8. The molecule has 2 aromatic carbocycles. The van der Waals surface area contributed by atoms with Crippen LogP contribution in [0.2, 0.25) is 0 Å². The predicted octanol–water partition coefficient (Wildman–Crippen LogP) is 4.42. The maximum Gasteiger partial charge on any atom is 0.251 e. The van der Waals surface area contributed by atoms with Gasteiger partial charge in [0.1, 0.15) is 23.1 Å². The van der Waals surface area contributed by atoms with Crippen LogP contribution < -0.4 is 16.0 Å². The minimum Gasteiger partial charge on any atom is -0.383 e. The molecule has 1 atom stereocenters. The number of ether oxygens (including phenoxy) is 1. The fourth-order valence-corrected chi connectivity index (χ4v) is 4.78. The molecule has 0 aliphatic carbocycles. The number of aromatic nitrogens is 1. The van der Waals surface area contributed by atoms with Gasteiger partial charge in [-0.2, -0.15) is 0 Å². The molecule has 3 N–H and O–H groups in total. The number of amides is 1. The Bertz CT molecular complexity index is 1270. The number of pyridine rings is 1. The number of fused-ring (bicyclic) bond motifs is 1. The van der Waals surface area contributed by atoms with Crippen molar-refractivity contribution in [2.45, 2.75) is 26.4 Å². The normalized spacial score (nSPS) is 17.9. The molecule has 2 aliphatic rings.